The van der Waals surface area contributed by atoms with Gasteiger partial charge in [-0.25, -0.2) is 0 Å². The van der Waals surface area contributed by atoms with Crippen molar-refractivity contribution in [2.45, 2.75) is 40.5 Å². The van der Waals surface area contributed by atoms with Crippen LogP contribution in [0.4, 0.5) is 0 Å². The number of aliphatic carboxylic acids is 1. The third-order valence-electron chi connectivity index (χ3n) is 2.33. The highest BCUT2D eigenvalue weighted by Gasteiger charge is 2.30. The van der Waals surface area contributed by atoms with E-state index in [-0.39, 0.29) is 11.3 Å². The summed E-state index contributed by atoms with van der Waals surface area (Å²) in [5, 5.41) is 9.02. The molecule has 0 bridgehead atoms. The second kappa shape index (κ2) is 6.02. The van der Waals surface area contributed by atoms with Crippen LogP contribution in [0.25, 0.3) is 0 Å². The topological polar surface area (TPSA) is 46.5 Å². The van der Waals surface area contributed by atoms with Crippen LogP contribution in [0, 0.1) is 11.3 Å². The molecule has 0 aromatic rings. The summed E-state index contributed by atoms with van der Waals surface area (Å²) in [6.45, 7) is 9.20. The van der Waals surface area contributed by atoms with Crippen LogP contribution >= 0.6 is 0 Å². The average molecular weight is 202 g/mol. The summed E-state index contributed by atoms with van der Waals surface area (Å²) < 4.78 is 5.18. The highest BCUT2D eigenvalue weighted by Crippen LogP contribution is 2.29. The zero-order valence-corrected chi connectivity index (χ0v) is 9.67. The molecule has 0 fully saturated rings. The summed E-state index contributed by atoms with van der Waals surface area (Å²) >= 11 is 0. The van der Waals surface area contributed by atoms with Gasteiger partial charge in [0.05, 0.1) is 5.92 Å². The Morgan fingerprint density at radius 3 is 2.36 bits per heavy atom. The summed E-state index contributed by atoms with van der Waals surface area (Å²) in [6, 6.07) is 0. The number of hydrogen-bond acceptors (Lipinski definition) is 2. The van der Waals surface area contributed by atoms with Crippen LogP contribution in [0.2, 0.25) is 0 Å². The number of rotatable bonds is 6. The second-order valence-electron chi connectivity index (χ2n) is 4.60. The van der Waals surface area contributed by atoms with Crippen molar-refractivity contribution >= 4 is 5.97 Å². The first-order chi connectivity index (χ1) is 6.39. The number of carbonyl (C=O) groups is 1. The molecule has 0 aromatic heterocycles. The van der Waals surface area contributed by atoms with E-state index in [9.17, 15) is 4.79 Å². The molecule has 0 aliphatic rings. The van der Waals surface area contributed by atoms with Crippen molar-refractivity contribution < 1.29 is 14.6 Å². The predicted octanol–water partition coefficient (Wildman–Crippen LogP) is 2.55. The minimum absolute atomic E-state index is 0.169. The van der Waals surface area contributed by atoms with Gasteiger partial charge in [0.15, 0.2) is 0 Å². The highest BCUT2D eigenvalue weighted by atomic mass is 16.5. The van der Waals surface area contributed by atoms with Gasteiger partial charge in [0.25, 0.3) is 0 Å². The molecule has 14 heavy (non-hydrogen) atoms. The first-order valence-corrected chi connectivity index (χ1v) is 5.20. The van der Waals surface area contributed by atoms with Gasteiger partial charge >= 0.3 is 5.97 Å². The molecule has 0 radical (unpaired) electrons. The Balaban J connectivity index is 3.94. The molecular weight excluding hydrogens is 180 g/mol. The first kappa shape index (κ1) is 13.4. The molecule has 1 N–H and O–H groups in total. The lowest BCUT2D eigenvalue weighted by molar-refractivity contribution is -0.145. The molecule has 0 aliphatic heterocycles. The van der Waals surface area contributed by atoms with E-state index in [2.05, 4.69) is 0 Å². The summed E-state index contributed by atoms with van der Waals surface area (Å²) in [7, 11) is 0. The molecule has 0 aliphatic carbocycles. The van der Waals surface area contributed by atoms with Crippen LogP contribution in [-0.4, -0.2) is 24.3 Å². The Kier molecular flexibility index (Phi) is 5.77. The van der Waals surface area contributed by atoms with E-state index in [0.717, 1.165) is 6.42 Å². The van der Waals surface area contributed by atoms with Crippen molar-refractivity contribution in [3.8, 4) is 0 Å². The van der Waals surface area contributed by atoms with E-state index in [0.29, 0.717) is 19.6 Å². The van der Waals surface area contributed by atoms with Crippen molar-refractivity contribution in [1.29, 1.82) is 0 Å². The fourth-order valence-electron chi connectivity index (χ4n) is 1.46. The van der Waals surface area contributed by atoms with E-state index in [4.69, 9.17) is 9.84 Å². The summed E-state index contributed by atoms with van der Waals surface area (Å²) in [6.07, 6.45) is 1.51. The number of ether oxygens (including phenoxy) is 1. The average Bonchev–Trinajstić information content (AvgIpc) is 2.01. The Morgan fingerprint density at radius 2 is 2.00 bits per heavy atom. The molecule has 0 aromatic carbocycles. The third-order valence-corrected chi connectivity index (χ3v) is 2.33. The Hall–Kier alpha value is -0.570. The van der Waals surface area contributed by atoms with Crippen LogP contribution < -0.4 is 0 Å². The van der Waals surface area contributed by atoms with Crippen molar-refractivity contribution in [2.75, 3.05) is 13.2 Å². The van der Waals surface area contributed by atoms with Gasteiger partial charge in [0.2, 0.25) is 0 Å². The molecule has 0 rings (SSSR count). The molecule has 1 unspecified atom stereocenters. The lowest BCUT2D eigenvalue weighted by atomic mass is 9.78. The smallest absolute Gasteiger partial charge is 0.307 e. The van der Waals surface area contributed by atoms with Gasteiger partial charge < -0.3 is 9.84 Å². The normalized spacial score (nSPS) is 14.0. The van der Waals surface area contributed by atoms with Gasteiger partial charge in [-0.2, -0.15) is 0 Å². The lowest BCUT2D eigenvalue weighted by Crippen LogP contribution is -2.28. The fourth-order valence-corrected chi connectivity index (χ4v) is 1.46. The largest absolute Gasteiger partial charge is 0.481 e. The first-order valence-electron chi connectivity index (χ1n) is 5.20. The second-order valence-corrected chi connectivity index (χ2v) is 4.60. The third kappa shape index (κ3) is 5.22. The van der Waals surface area contributed by atoms with E-state index >= 15 is 0 Å². The minimum atomic E-state index is -0.700. The van der Waals surface area contributed by atoms with Crippen molar-refractivity contribution in [3.63, 3.8) is 0 Å². The molecule has 0 heterocycles. The number of carboxylic acids is 1. The number of hydrogen-bond donors (Lipinski definition) is 1. The van der Waals surface area contributed by atoms with E-state index < -0.39 is 5.97 Å². The molecule has 0 amide bonds. The van der Waals surface area contributed by atoms with Crippen molar-refractivity contribution in [3.05, 3.63) is 0 Å². The highest BCUT2D eigenvalue weighted by molar-refractivity contribution is 5.70. The van der Waals surface area contributed by atoms with Gasteiger partial charge in [-0.15, -0.1) is 0 Å². The zero-order chi connectivity index (χ0) is 11.2. The molecule has 0 saturated heterocycles. The summed E-state index contributed by atoms with van der Waals surface area (Å²) in [5.74, 6) is -0.975. The molecule has 1 atom stereocenters. The van der Waals surface area contributed by atoms with Crippen LogP contribution in [0.5, 0.6) is 0 Å². The van der Waals surface area contributed by atoms with Crippen LogP contribution in [-0.2, 0) is 9.53 Å². The molecule has 84 valence electrons. The maximum absolute atomic E-state index is 11.0. The van der Waals surface area contributed by atoms with Gasteiger partial charge in [0.1, 0.15) is 0 Å². The van der Waals surface area contributed by atoms with Crippen LogP contribution in [0.15, 0.2) is 0 Å². The van der Waals surface area contributed by atoms with Crippen molar-refractivity contribution in [1.82, 2.24) is 0 Å². The molecule has 3 heteroatoms. The van der Waals surface area contributed by atoms with E-state index in [1.807, 2.05) is 27.7 Å². The quantitative estimate of drug-likeness (QED) is 0.673. The van der Waals surface area contributed by atoms with Gasteiger partial charge in [0, 0.05) is 13.2 Å². The van der Waals surface area contributed by atoms with Gasteiger partial charge in [-0.05, 0) is 25.2 Å². The van der Waals surface area contributed by atoms with E-state index in [1.54, 1.807) is 0 Å². The SMILES string of the molecule is CCOCCCC(C(=O)O)C(C)(C)C. The lowest BCUT2D eigenvalue weighted by Gasteiger charge is -2.26. The Morgan fingerprint density at radius 1 is 1.43 bits per heavy atom. The maximum Gasteiger partial charge on any atom is 0.307 e. The number of carboxylic acid groups (broad SMARTS) is 1. The molecule has 0 saturated carbocycles. The summed E-state index contributed by atoms with van der Waals surface area (Å²) in [4.78, 5) is 11.0. The molecular formula is C11H22O3. The zero-order valence-electron chi connectivity index (χ0n) is 9.67. The monoisotopic (exact) mass is 202 g/mol. The molecule has 3 nitrogen and oxygen atoms in total. The van der Waals surface area contributed by atoms with Crippen molar-refractivity contribution in [2.24, 2.45) is 11.3 Å². The van der Waals surface area contributed by atoms with Crippen LogP contribution in [0.3, 0.4) is 0 Å². The van der Waals surface area contributed by atoms with E-state index in [1.165, 1.54) is 0 Å². The summed E-state index contributed by atoms with van der Waals surface area (Å²) in [5.41, 5.74) is -0.169. The molecule has 0 spiro atoms. The van der Waals surface area contributed by atoms with Gasteiger partial charge in [-0.3, -0.25) is 4.79 Å². The standard InChI is InChI=1S/C11H22O3/c1-5-14-8-6-7-9(10(12)13)11(2,3)4/h9H,5-8H2,1-4H3,(H,12,13). The Bertz CT molecular complexity index is 170. The van der Waals surface area contributed by atoms with Gasteiger partial charge in [-0.1, -0.05) is 20.8 Å². The van der Waals surface area contributed by atoms with Crippen LogP contribution in [0.1, 0.15) is 40.5 Å². The minimum Gasteiger partial charge on any atom is -0.481 e. The Labute approximate surface area is 86.5 Å². The fraction of sp³-hybridized carbons (Fsp3) is 0.909. The maximum atomic E-state index is 11.0. The predicted molar refractivity (Wildman–Crippen MR) is 56.3 cm³/mol.